The number of hydrogen-bond donors (Lipinski definition) is 2. The van der Waals surface area contributed by atoms with Crippen LogP contribution in [0.4, 0.5) is 11.4 Å². The van der Waals surface area contributed by atoms with Crippen LogP contribution in [0.5, 0.6) is 5.75 Å². The molecule has 0 saturated carbocycles. The molecule has 0 radical (unpaired) electrons. The van der Waals surface area contributed by atoms with E-state index in [0.717, 1.165) is 12.0 Å². The van der Waals surface area contributed by atoms with Gasteiger partial charge in [0.1, 0.15) is 12.3 Å². The molecule has 0 aliphatic carbocycles. The molecule has 1 unspecified atom stereocenters. The Hall–Kier alpha value is -3.35. The van der Waals surface area contributed by atoms with Crippen LogP contribution >= 0.6 is 0 Å². The van der Waals surface area contributed by atoms with E-state index >= 15 is 0 Å². The minimum Gasteiger partial charge on any atom is -0.479 e. The molecule has 0 saturated heterocycles. The lowest BCUT2D eigenvalue weighted by Gasteiger charge is -2.32. The Morgan fingerprint density at radius 3 is 2.67 bits per heavy atom. The number of anilines is 2. The summed E-state index contributed by atoms with van der Waals surface area (Å²) in [5.74, 6) is -1.52. The van der Waals surface area contributed by atoms with E-state index in [1.54, 1.807) is 6.92 Å². The molecule has 140 valence electrons. The molecule has 0 spiro atoms. The molecule has 1 atom stereocenters. The number of hydrogen-bond acceptors (Lipinski definition) is 4. The molecule has 1 heterocycles. The number of carboxylic acids is 1. The van der Waals surface area contributed by atoms with Crippen molar-refractivity contribution >= 4 is 29.2 Å². The Labute approximate surface area is 156 Å². The number of aryl methyl sites for hydroxylation is 1. The summed E-state index contributed by atoms with van der Waals surface area (Å²) in [7, 11) is 0. The topological polar surface area (TPSA) is 95.9 Å². The summed E-state index contributed by atoms with van der Waals surface area (Å²) in [6, 6.07) is 11.7. The molecule has 2 aromatic carbocycles. The molecule has 27 heavy (non-hydrogen) atoms. The number of nitrogens with one attached hydrogen (secondary N) is 1. The standard InChI is InChI=1S/C20H20N2O5/c1-3-13-6-4-5-7-15(13)21-18(23)11-22-16-9-8-14(20(25)26)10-17(16)27-12(2)19(22)24/h4-10,12H,3,11H2,1-2H3,(H,21,23)(H,25,26). The minimum absolute atomic E-state index is 0.0524. The normalized spacial score (nSPS) is 15.7. The van der Waals surface area contributed by atoms with Gasteiger partial charge in [-0.1, -0.05) is 25.1 Å². The third-order valence-electron chi connectivity index (χ3n) is 4.39. The molecule has 2 amide bonds. The van der Waals surface area contributed by atoms with E-state index < -0.39 is 12.1 Å². The number of fused-ring (bicyclic) bond motifs is 1. The van der Waals surface area contributed by atoms with Gasteiger partial charge in [-0.05, 0) is 43.2 Å². The van der Waals surface area contributed by atoms with Crippen LogP contribution < -0.4 is 15.0 Å². The number of rotatable bonds is 5. The lowest BCUT2D eigenvalue weighted by atomic mass is 10.1. The third-order valence-corrected chi connectivity index (χ3v) is 4.39. The second-order valence-electron chi connectivity index (χ2n) is 6.23. The smallest absolute Gasteiger partial charge is 0.335 e. The van der Waals surface area contributed by atoms with Crippen molar-refractivity contribution in [2.24, 2.45) is 0 Å². The van der Waals surface area contributed by atoms with Crippen molar-refractivity contribution in [3.63, 3.8) is 0 Å². The monoisotopic (exact) mass is 368 g/mol. The zero-order valence-electron chi connectivity index (χ0n) is 15.1. The van der Waals surface area contributed by atoms with Gasteiger partial charge in [0.05, 0.1) is 11.3 Å². The molecule has 7 heteroatoms. The Morgan fingerprint density at radius 2 is 1.96 bits per heavy atom. The highest BCUT2D eigenvalue weighted by atomic mass is 16.5. The fraction of sp³-hybridized carbons (Fsp3) is 0.250. The van der Waals surface area contributed by atoms with E-state index in [4.69, 9.17) is 9.84 Å². The lowest BCUT2D eigenvalue weighted by molar-refractivity contribution is -0.127. The van der Waals surface area contributed by atoms with Gasteiger partial charge in [-0.15, -0.1) is 0 Å². The van der Waals surface area contributed by atoms with Gasteiger partial charge in [0.25, 0.3) is 5.91 Å². The van der Waals surface area contributed by atoms with Crippen LogP contribution in [0.1, 0.15) is 29.8 Å². The van der Waals surface area contributed by atoms with Crippen LogP contribution in [-0.4, -0.2) is 35.5 Å². The van der Waals surface area contributed by atoms with Crippen LogP contribution in [0.25, 0.3) is 0 Å². The Morgan fingerprint density at radius 1 is 1.22 bits per heavy atom. The second-order valence-corrected chi connectivity index (χ2v) is 6.23. The fourth-order valence-corrected chi connectivity index (χ4v) is 2.99. The van der Waals surface area contributed by atoms with Gasteiger partial charge in [0.2, 0.25) is 5.91 Å². The zero-order chi connectivity index (χ0) is 19.6. The van der Waals surface area contributed by atoms with E-state index in [0.29, 0.717) is 11.4 Å². The average Bonchev–Trinajstić information content (AvgIpc) is 2.65. The molecule has 1 aliphatic heterocycles. The van der Waals surface area contributed by atoms with Gasteiger partial charge in [0, 0.05) is 5.69 Å². The highest BCUT2D eigenvalue weighted by molar-refractivity contribution is 6.06. The number of nitrogens with zero attached hydrogens (tertiary/aromatic N) is 1. The summed E-state index contributed by atoms with van der Waals surface area (Å²) >= 11 is 0. The van der Waals surface area contributed by atoms with Gasteiger partial charge in [-0.3, -0.25) is 14.5 Å². The first-order chi connectivity index (χ1) is 12.9. The third kappa shape index (κ3) is 3.76. The van der Waals surface area contributed by atoms with Crippen LogP contribution in [0.2, 0.25) is 0 Å². The van der Waals surface area contributed by atoms with Crippen molar-refractivity contribution in [1.29, 1.82) is 0 Å². The number of amides is 2. The zero-order valence-corrected chi connectivity index (χ0v) is 15.1. The Bertz CT molecular complexity index is 909. The van der Waals surface area contributed by atoms with Crippen molar-refractivity contribution in [2.75, 3.05) is 16.8 Å². The highest BCUT2D eigenvalue weighted by Crippen LogP contribution is 2.35. The first kappa shape index (κ1) is 18.4. The number of benzene rings is 2. The number of carbonyl (C=O) groups excluding carboxylic acids is 2. The van der Waals surface area contributed by atoms with Gasteiger partial charge in [-0.2, -0.15) is 0 Å². The number of carbonyl (C=O) groups is 3. The van der Waals surface area contributed by atoms with Crippen LogP contribution in [0, 0.1) is 0 Å². The average molecular weight is 368 g/mol. The molecule has 0 aromatic heterocycles. The molecule has 0 bridgehead atoms. The summed E-state index contributed by atoms with van der Waals surface area (Å²) in [6.45, 7) is 3.37. The molecule has 7 nitrogen and oxygen atoms in total. The second kappa shape index (κ2) is 7.49. The number of para-hydroxylation sites is 1. The summed E-state index contributed by atoms with van der Waals surface area (Å²) in [5.41, 5.74) is 2.14. The molecule has 2 N–H and O–H groups in total. The maximum Gasteiger partial charge on any atom is 0.335 e. The van der Waals surface area contributed by atoms with E-state index in [-0.39, 0.29) is 29.7 Å². The maximum absolute atomic E-state index is 12.5. The van der Waals surface area contributed by atoms with Crippen molar-refractivity contribution < 1.29 is 24.2 Å². The van der Waals surface area contributed by atoms with E-state index in [1.165, 1.54) is 23.1 Å². The largest absolute Gasteiger partial charge is 0.479 e. The van der Waals surface area contributed by atoms with E-state index in [9.17, 15) is 14.4 Å². The number of ether oxygens (including phenoxy) is 1. The predicted molar refractivity (Wildman–Crippen MR) is 100 cm³/mol. The SMILES string of the molecule is CCc1ccccc1NC(=O)CN1C(=O)C(C)Oc2cc(C(=O)O)ccc21. The Balaban J connectivity index is 1.84. The first-order valence-corrected chi connectivity index (χ1v) is 8.63. The van der Waals surface area contributed by atoms with Crippen LogP contribution in [0.15, 0.2) is 42.5 Å². The first-order valence-electron chi connectivity index (χ1n) is 8.63. The van der Waals surface area contributed by atoms with E-state index in [1.807, 2.05) is 31.2 Å². The minimum atomic E-state index is -1.09. The van der Waals surface area contributed by atoms with Crippen LogP contribution in [-0.2, 0) is 16.0 Å². The van der Waals surface area contributed by atoms with Gasteiger partial charge in [0.15, 0.2) is 6.10 Å². The number of aromatic carboxylic acids is 1. The van der Waals surface area contributed by atoms with E-state index in [2.05, 4.69) is 5.32 Å². The van der Waals surface area contributed by atoms with Crippen molar-refractivity contribution in [3.8, 4) is 5.75 Å². The summed E-state index contributed by atoms with van der Waals surface area (Å²) in [5, 5.41) is 12.0. The highest BCUT2D eigenvalue weighted by Gasteiger charge is 2.33. The molecular weight excluding hydrogens is 348 g/mol. The van der Waals surface area contributed by atoms with Gasteiger partial charge >= 0.3 is 5.97 Å². The summed E-state index contributed by atoms with van der Waals surface area (Å²) in [6.07, 6.45) is -0.0395. The van der Waals surface area contributed by atoms with Gasteiger partial charge in [-0.25, -0.2) is 4.79 Å². The number of carboxylic acid groups (broad SMARTS) is 1. The Kier molecular flexibility index (Phi) is 5.12. The summed E-state index contributed by atoms with van der Waals surface area (Å²) < 4.78 is 5.52. The molecule has 2 aromatic rings. The molecule has 1 aliphatic rings. The van der Waals surface area contributed by atoms with Crippen molar-refractivity contribution in [3.05, 3.63) is 53.6 Å². The molecule has 0 fully saturated rings. The molecule has 3 rings (SSSR count). The van der Waals surface area contributed by atoms with Crippen LogP contribution in [0.3, 0.4) is 0 Å². The maximum atomic E-state index is 12.5. The molecular formula is C20H20N2O5. The fourth-order valence-electron chi connectivity index (χ4n) is 2.99. The lowest BCUT2D eigenvalue weighted by Crippen LogP contribution is -2.47. The van der Waals surface area contributed by atoms with Gasteiger partial charge < -0.3 is 15.2 Å². The van der Waals surface area contributed by atoms with Crippen molar-refractivity contribution in [1.82, 2.24) is 0 Å². The summed E-state index contributed by atoms with van der Waals surface area (Å²) in [4.78, 5) is 37.5. The quantitative estimate of drug-likeness (QED) is 0.846. The predicted octanol–water partition coefficient (Wildman–Crippen LogP) is 2.70. The van der Waals surface area contributed by atoms with Crippen molar-refractivity contribution in [2.45, 2.75) is 26.4 Å².